The van der Waals surface area contributed by atoms with Gasteiger partial charge in [-0.2, -0.15) is 0 Å². The average Bonchev–Trinajstić information content (AvgIpc) is 2.74. The van der Waals surface area contributed by atoms with E-state index >= 15 is 0 Å². The molecule has 1 aromatic carbocycles. The van der Waals surface area contributed by atoms with Crippen LogP contribution in [0.25, 0.3) is 0 Å². The molecule has 0 bridgehead atoms. The zero-order valence-electron chi connectivity index (χ0n) is 9.18. The smallest absolute Gasteiger partial charge is 0.211 e. The second kappa shape index (κ2) is 4.18. The van der Waals surface area contributed by atoms with Crippen LogP contribution < -0.4 is 4.74 Å². The highest BCUT2D eigenvalue weighted by Gasteiger charge is 2.12. The lowest BCUT2D eigenvalue weighted by molar-refractivity contribution is 0.103. The van der Waals surface area contributed by atoms with Gasteiger partial charge in [-0.3, -0.25) is 4.79 Å². The molecule has 0 aliphatic carbocycles. The van der Waals surface area contributed by atoms with E-state index < -0.39 is 0 Å². The summed E-state index contributed by atoms with van der Waals surface area (Å²) in [5.74, 6) is 0.618. The number of rotatable bonds is 3. The van der Waals surface area contributed by atoms with Crippen LogP contribution >= 0.6 is 0 Å². The number of aryl methyl sites for hydroxylation is 1. The molecule has 0 amide bonds. The first-order valence-corrected chi connectivity index (χ1v) is 4.87. The van der Waals surface area contributed by atoms with Crippen molar-refractivity contribution in [2.24, 2.45) is 7.05 Å². The Kier molecular flexibility index (Phi) is 2.72. The summed E-state index contributed by atoms with van der Waals surface area (Å²) in [6.07, 6.45) is 3.16. The van der Waals surface area contributed by atoms with Gasteiger partial charge in [0.2, 0.25) is 5.78 Å². The first kappa shape index (κ1) is 10.4. The highest BCUT2D eigenvalue weighted by Crippen LogP contribution is 2.15. The molecule has 2 aromatic rings. The maximum absolute atomic E-state index is 12.1. The molecule has 0 radical (unpaired) electrons. The summed E-state index contributed by atoms with van der Waals surface area (Å²) in [5.41, 5.74) is 1.16. The van der Waals surface area contributed by atoms with E-state index in [2.05, 4.69) is 4.98 Å². The van der Waals surface area contributed by atoms with Crippen LogP contribution in [0.3, 0.4) is 0 Å². The van der Waals surface area contributed by atoms with E-state index in [4.69, 9.17) is 4.74 Å². The maximum atomic E-state index is 12.1. The summed E-state index contributed by atoms with van der Waals surface area (Å²) in [6, 6.07) is 7.08. The molecule has 1 aromatic heterocycles. The quantitative estimate of drug-likeness (QED) is 0.733. The van der Waals surface area contributed by atoms with E-state index in [0.29, 0.717) is 17.0 Å². The molecular weight excluding hydrogens is 204 g/mol. The van der Waals surface area contributed by atoms with Gasteiger partial charge in [0.05, 0.1) is 19.6 Å². The zero-order chi connectivity index (χ0) is 11.5. The lowest BCUT2D eigenvalue weighted by Crippen LogP contribution is -2.06. The van der Waals surface area contributed by atoms with Crippen LogP contribution in [0.2, 0.25) is 0 Å². The van der Waals surface area contributed by atoms with Crippen molar-refractivity contribution in [1.82, 2.24) is 9.55 Å². The van der Waals surface area contributed by atoms with Crippen LogP contribution in [-0.4, -0.2) is 22.4 Å². The Balaban J connectivity index is 2.38. The molecule has 4 heteroatoms. The van der Waals surface area contributed by atoms with Gasteiger partial charge in [0.1, 0.15) is 11.4 Å². The van der Waals surface area contributed by atoms with Gasteiger partial charge in [0.15, 0.2) is 0 Å². The minimum absolute atomic E-state index is 0.0566. The van der Waals surface area contributed by atoms with Gasteiger partial charge in [0, 0.05) is 12.6 Å². The van der Waals surface area contributed by atoms with E-state index in [9.17, 15) is 4.79 Å². The van der Waals surface area contributed by atoms with Gasteiger partial charge in [-0.05, 0) is 12.1 Å². The third-order valence-electron chi connectivity index (χ3n) is 2.38. The molecular formula is C12H12N2O2. The fourth-order valence-electron chi connectivity index (χ4n) is 1.49. The van der Waals surface area contributed by atoms with E-state index in [0.717, 1.165) is 0 Å². The first-order chi connectivity index (χ1) is 7.72. The summed E-state index contributed by atoms with van der Waals surface area (Å²) >= 11 is 0. The molecule has 2 rings (SSSR count). The Morgan fingerprint density at radius 1 is 1.44 bits per heavy atom. The standard InChI is InChI=1S/C12H12N2O2/c1-14-8-13-7-11(14)12(15)9-4-3-5-10(6-9)16-2/h3-8H,1-2H3. The molecule has 0 spiro atoms. The Bertz CT molecular complexity index is 517. The molecule has 0 N–H and O–H groups in total. The van der Waals surface area contributed by atoms with E-state index in [1.165, 1.54) is 0 Å². The number of aromatic nitrogens is 2. The van der Waals surface area contributed by atoms with Crippen LogP contribution in [-0.2, 0) is 7.05 Å². The third-order valence-corrected chi connectivity index (χ3v) is 2.38. The topological polar surface area (TPSA) is 44.1 Å². The number of hydrogen-bond donors (Lipinski definition) is 0. The van der Waals surface area contributed by atoms with Crippen LogP contribution in [0, 0.1) is 0 Å². The Morgan fingerprint density at radius 2 is 2.25 bits per heavy atom. The number of carbonyl (C=O) groups excluding carboxylic acids is 1. The van der Waals surface area contributed by atoms with Crippen molar-refractivity contribution in [1.29, 1.82) is 0 Å². The predicted molar refractivity (Wildman–Crippen MR) is 59.6 cm³/mol. The Labute approximate surface area is 93.5 Å². The zero-order valence-corrected chi connectivity index (χ0v) is 9.18. The first-order valence-electron chi connectivity index (χ1n) is 4.87. The van der Waals surface area contributed by atoms with E-state index in [1.54, 1.807) is 55.5 Å². The molecule has 82 valence electrons. The number of ether oxygens (including phenoxy) is 1. The Hall–Kier alpha value is -2.10. The lowest BCUT2D eigenvalue weighted by atomic mass is 10.1. The van der Waals surface area contributed by atoms with Crippen LogP contribution in [0.15, 0.2) is 36.8 Å². The van der Waals surface area contributed by atoms with Crippen molar-refractivity contribution in [3.63, 3.8) is 0 Å². The number of methoxy groups -OCH3 is 1. The molecule has 0 atom stereocenters. The fraction of sp³-hybridized carbons (Fsp3) is 0.167. The van der Waals surface area contributed by atoms with Gasteiger partial charge >= 0.3 is 0 Å². The number of hydrogen-bond acceptors (Lipinski definition) is 3. The molecule has 0 saturated carbocycles. The van der Waals surface area contributed by atoms with Crippen molar-refractivity contribution < 1.29 is 9.53 Å². The predicted octanol–water partition coefficient (Wildman–Crippen LogP) is 1.66. The van der Waals surface area contributed by atoms with Crippen molar-refractivity contribution >= 4 is 5.78 Å². The monoisotopic (exact) mass is 216 g/mol. The Morgan fingerprint density at radius 3 is 2.88 bits per heavy atom. The summed E-state index contributed by atoms with van der Waals surface area (Å²) in [5, 5.41) is 0. The molecule has 4 nitrogen and oxygen atoms in total. The van der Waals surface area contributed by atoms with Gasteiger partial charge in [-0.25, -0.2) is 4.98 Å². The number of carbonyl (C=O) groups is 1. The summed E-state index contributed by atoms with van der Waals surface area (Å²) < 4.78 is 6.77. The van der Waals surface area contributed by atoms with Gasteiger partial charge < -0.3 is 9.30 Å². The average molecular weight is 216 g/mol. The minimum Gasteiger partial charge on any atom is -0.497 e. The highest BCUT2D eigenvalue weighted by molar-refractivity contribution is 6.07. The summed E-state index contributed by atoms with van der Waals surface area (Å²) in [6.45, 7) is 0. The second-order valence-electron chi connectivity index (χ2n) is 3.45. The van der Waals surface area contributed by atoms with Crippen LogP contribution in [0.4, 0.5) is 0 Å². The van der Waals surface area contributed by atoms with Crippen molar-refractivity contribution in [2.45, 2.75) is 0 Å². The molecule has 1 heterocycles. The van der Waals surface area contributed by atoms with Crippen LogP contribution in [0.5, 0.6) is 5.75 Å². The SMILES string of the molecule is COc1cccc(C(=O)c2cncn2C)c1. The number of benzene rings is 1. The number of nitrogens with zero attached hydrogens (tertiary/aromatic N) is 2. The van der Waals surface area contributed by atoms with Crippen molar-refractivity contribution in [2.75, 3.05) is 7.11 Å². The van der Waals surface area contributed by atoms with Crippen LogP contribution in [0.1, 0.15) is 16.1 Å². The fourth-order valence-corrected chi connectivity index (χ4v) is 1.49. The molecule has 0 unspecified atom stereocenters. The second-order valence-corrected chi connectivity index (χ2v) is 3.45. The normalized spacial score (nSPS) is 10.1. The van der Waals surface area contributed by atoms with E-state index in [-0.39, 0.29) is 5.78 Å². The van der Waals surface area contributed by atoms with Gasteiger partial charge in [-0.1, -0.05) is 12.1 Å². The third kappa shape index (κ3) is 1.82. The maximum Gasteiger partial charge on any atom is 0.211 e. The lowest BCUT2D eigenvalue weighted by Gasteiger charge is -2.04. The van der Waals surface area contributed by atoms with Gasteiger partial charge in [0.25, 0.3) is 0 Å². The number of imidazole rings is 1. The minimum atomic E-state index is -0.0566. The summed E-state index contributed by atoms with van der Waals surface area (Å²) in [4.78, 5) is 16.0. The highest BCUT2D eigenvalue weighted by atomic mass is 16.5. The molecule has 16 heavy (non-hydrogen) atoms. The largest absolute Gasteiger partial charge is 0.497 e. The van der Waals surface area contributed by atoms with Gasteiger partial charge in [-0.15, -0.1) is 0 Å². The summed E-state index contributed by atoms with van der Waals surface area (Å²) in [7, 11) is 3.37. The number of ketones is 1. The van der Waals surface area contributed by atoms with E-state index in [1.807, 2.05) is 0 Å². The van der Waals surface area contributed by atoms with Crippen molar-refractivity contribution in [3.8, 4) is 5.75 Å². The molecule has 0 aliphatic heterocycles. The molecule has 0 fully saturated rings. The molecule has 0 aliphatic rings. The van der Waals surface area contributed by atoms with Crippen molar-refractivity contribution in [3.05, 3.63) is 48.0 Å². The molecule has 0 saturated heterocycles.